The quantitative estimate of drug-likeness (QED) is 0.604. The number of methoxy groups -OCH3 is 2. The number of hydrogen-bond donors (Lipinski definition) is 0. The lowest BCUT2D eigenvalue weighted by molar-refractivity contribution is 0.125. The van der Waals surface area contributed by atoms with Crippen LogP contribution in [0.1, 0.15) is 13.3 Å². The van der Waals surface area contributed by atoms with E-state index in [1.807, 2.05) is 13.0 Å². The van der Waals surface area contributed by atoms with Crippen LogP contribution in [-0.4, -0.2) is 20.3 Å². The highest BCUT2D eigenvalue weighted by atomic mass is 16.5. The topological polar surface area (TPSA) is 18.5 Å². The normalized spacial score (nSPS) is 24.1. The van der Waals surface area contributed by atoms with Gasteiger partial charge in [-0.1, -0.05) is 6.08 Å². The Morgan fingerprint density at radius 1 is 1.45 bits per heavy atom. The summed E-state index contributed by atoms with van der Waals surface area (Å²) in [4.78, 5) is 0. The maximum atomic E-state index is 5.25. The van der Waals surface area contributed by atoms with E-state index in [9.17, 15) is 0 Å². The molecule has 0 N–H and O–H groups in total. The zero-order chi connectivity index (χ0) is 8.27. The van der Waals surface area contributed by atoms with Crippen molar-refractivity contribution < 1.29 is 9.47 Å². The van der Waals surface area contributed by atoms with Gasteiger partial charge in [0.15, 0.2) is 0 Å². The average molecular weight is 154 g/mol. The third kappa shape index (κ3) is 1.63. The predicted octanol–water partition coefficient (Wildman–Crippen LogP) is 1.88. The van der Waals surface area contributed by atoms with Gasteiger partial charge in [-0.05, 0) is 25.0 Å². The molecule has 0 fully saturated rings. The van der Waals surface area contributed by atoms with Crippen LogP contribution < -0.4 is 0 Å². The van der Waals surface area contributed by atoms with Gasteiger partial charge >= 0.3 is 0 Å². The van der Waals surface area contributed by atoms with Crippen LogP contribution in [0.3, 0.4) is 0 Å². The second-order valence-electron chi connectivity index (χ2n) is 2.61. The molecule has 62 valence electrons. The molecule has 0 aliphatic heterocycles. The van der Waals surface area contributed by atoms with Crippen LogP contribution in [0.2, 0.25) is 0 Å². The summed E-state index contributed by atoms with van der Waals surface area (Å²) >= 11 is 0. The average Bonchev–Trinajstić information content (AvgIpc) is 2.05. The van der Waals surface area contributed by atoms with E-state index in [-0.39, 0.29) is 6.10 Å². The maximum absolute atomic E-state index is 5.25. The largest absolute Gasteiger partial charge is 0.497 e. The molecule has 0 saturated carbocycles. The standard InChI is InChI=1S/C9H14O2/c1-7-8(10-2)5-4-6-9(7)11-3/h4-5,9H,6H2,1-3H3. The summed E-state index contributed by atoms with van der Waals surface area (Å²) in [7, 11) is 3.40. The Labute approximate surface area is 67.5 Å². The van der Waals surface area contributed by atoms with Crippen molar-refractivity contribution in [1.82, 2.24) is 0 Å². The summed E-state index contributed by atoms with van der Waals surface area (Å²) in [5.74, 6) is 0.933. The predicted molar refractivity (Wildman–Crippen MR) is 44.3 cm³/mol. The van der Waals surface area contributed by atoms with Gasteiger partial charge in [0.2, 0.25) is 0 Å². The molecule has 11 heavy (non-hydrogen) atoms. The molecule has 1 atom stereocenters. The molecule has 2 nitrogen and oxygen atoms in total. The van der Waals surface area contributed by atoms with Gasteiger partial charge in [0.05, 0.1) is 13.2 Å². The Morgan fingerprint density at radius 2 is 2.18 bits per heavy atom. The molecular formula is C9H14O2. The number of rotatable bonds is 2. The van der Waals surface area contributed by atoms with Crippen molar-refractivity contribution in [3.63, 3.8) is 0 Å². The second kappa shape index (κ2) is 3.58. The van der Waals surface area contributed by atoms with Gasteiger partial charge in [-0.2, -0.15) is 0 Å². The monoisotopic (exact) mass is 154 g/mol. The zero-order valence-corrected chi connectivity index (χ0v) is 7.26. The summed E-state index contributed by atoms with van der Waals surface area (Å²) < 4.78 is 10.4. The van der Waals surface area contributed by atoms with Crippen LogP contribution in [0.4, 0.5) is 0 Å². The van der Waals surface area contributed by atoms with Gasteiger partial charge < -0.3 is 9.47 Å². The van der Waals surface area contributed by atoms with Gasteiger partial charge in [0, 0.05) is 7.11 Å². The van der Waals surface area contributed by atoms with Crippen LogP contribution in [0.5, 0.6) is 0 Å². The molecule has 0 aromatic rings. The van der Waals surface area contributed by atoms with Crippen molar-refractivity contribution in [3.05, 3.63) is 23.5 Å². The van der Waals surface area contributed by atoms with Crippen molar-refractivity contribution >= 4 is 0 Å². The lowest BCUT2D eigenvalue weighted by Crippen LogP contribution is -2.15. The lowest BCUT2D eigenvalue weighted by Gasteiger charge is -2.20. The molecule has 1 unspecified atom stereocenters. The first-order valence-corrected chi connectivity index (χ1v) is 3.73. The minimum Gasteiger partial charge on any atom is -0.497 e. The molecule has 1 aliphatic carbocycles. The van der Waals surface area contributed by atoms with Crippen molar-refractivity contribution in [1.29, 1.82) is 0 Å². The molecule has 0 aromatic carbocycles. The summed E-state index contributed by atoms with van der Waals surface area (Å²) in [5.41, 5.74) is 1.18. The van der Waals surface area contributed by atoms with E-state index in [1.54, 1.807) is 14.2 Å². The smallest absolute Gasteiger partial charge is 0.120 e. The molecular weight excluding hydrogens is 140 g/mol. The van der Waals surface area contributed by atoms with Crippen molar-refractivity contribution in [3.8, 4) is 0 Å². The molecule has 0 aromatic heterocycles. The molecule has 0 amide bonds. The Balaban J connectivity index is 2.78. The fourth-order valence-corrected chi connectivity index (χ4v) is 1.27. The van der Waals surface area contributed by atoms with Gasteiger partial charge in [-0.25, -0.2) is 0 Å². The van der Waals surface area contributed by atoms with Crippen LogP contribution in [0, 0.1) is 0 Å². The van der Waals surface area contributed by atoms with Crippen LogP contribution in [0.25, 0.3) is 0 Å². The van der Waals surface area contributed by atoms with Crippen molar-refractivity contribution in [2.75, 3.05) is 14.2 Å². The minimum absolute atomic E-state index is 0.204. The van der Waals surface area contributed by atoms with E-state index in [1.165, 1.54) is 5.57 Å². The minimum atomic E-state index is 0.204. The van der Waals surface area contributed by atoms with Crippen LogP contribution in [0.15, 0.2) is 23.5 Å². The van der Waals surface area contributed by atoms with Crippen molar-refractivity contribution in [2.45, 2.75) is 19.4 Å². The maximum Gasteiger partial charge on any atom is 0.120 e. The highest BCUT2D eigenvalue weighted by Gasteiger charge is 2.15. The molecule has 1 rings (SSSR count). The zero-order valence-electron chi connectivity index (χ0n) is 7.26. The first-order valence-electron chi connectivity index (χ1n) is 3.73. The molecule has 0 saturated heterocycles. The third-order valence-corrected chi connectivity index (χ3v) is 2.00. The summed E-state index contributed by atoms with van der Waals surface area (Å²) in [6.07, 6.45) is 5.22. The summed E-state index contributed by atoms with van der Waals surface area (Å²) in [6.45, 7) is 2.04. The fourth-order valence-electron chi connectivity index (χ4n) is 1.27. The van der Waals surface area contributed by atoms with Gasteiger partial charge in [0.1, 0.15) is 5.76 Å². The second-order valence-corrected chi connectivity index (χ2v) is 2.61. The fraction of sp³-hybridized carbons (Fsp3) is 0.556. The molecule has 0 heterocycles. The Hall–Kier alpha value is -0.760. The van der Waals surface area contributed by atoms with E-state index in [4.69, 9.17) is 9.47 Å². The summed E-state index contributed by atoms with van der Waals surface area (Å²) in [6, 6.07) is 0. The Kier molecular flexibility index (Phi) is 2.71. The molecule has 0 radical (unpaired) electrons. The SMILES string of the molecule is COC1=C(C)C(OC)CC=C1. The molecule has 2 heteroatoms. The highest BCUT2D eigenvalue weighted by molar-refractivity contribution is 5.26. The van der Waals surface area contributed by atoms with Gasteiger partial charge in [-0.3, -0.25) is 0 Å². The first kappa shape index (κ1) is 8.34. The first-order chi connectivity index (χ1) is 5.29. The molecule has 0 bridgehead atoms. The Morgan fingerprint density at radius 3 is 2.73 bits per heavy atom. The van der Waals surface area contributed by atoms with Gasteiger partial charge in [0.25, 0.3) is 0 Å². The van der Waals surface area contributed by atoms with Crippen LogP contribution >= 0.6 is 0 Å². The van der Waals surface area contributed by atoms with Crippen LogP contribution in [-0.2, 0) is 9.47 Å². The number of ether oxygens (including phenoxy) is 2. The number of hydrogen-bond acceptors (Lipinski definition) is 2. The van der Waals surface area contributed by atoms with E-state index in [2.05, 4.69) is 6.08 Å². The van der Waals surface area contributed by atoms with E-state index in [0.717, 1.165) is 12.2 Å². The molecule has 0 spiro atoms. The molecule has 1 aliphatic rings. The number of allylic oxidation sites excluding steroid dienone is 1. The summed E-state index contributed by atoms with van der Waals surface area (Å²) in [5, 5.41) is 0. The van der Waals surface area contributed by atoms with E-state index >= 15 is 0 Å². The highest BCUT2D eigenvalue weighted by Crippen LogP contribution is 2.21. The van der Waals surface area contributed by atoms with Crippen molar-refractivity contribution in [2.24, 2.45) is 0 Å². The van der Waals surface area contributed by atoms with E-state index in [0.29, 0.717) is 0 Å². The van der Waals surface area contributed by atoms with E-state index < -0.39 is 0 Å². The Bertz CT molecular complexity index is 192. The lowest BCUT2D eigenvalue weighted by atomic mass is 10.0. The van der Waals surface area contributed by atoms with Gasteiger partial charge in [-0.15, -0.1) is 0 Å². The third-order valence-electron chi connectivity index (χ3n) is 2.00.